The maximum atomic E-state index is 12.4. The van der Waals surface area contributed by atoms with Gasteiger partial charge in [-0.05, 0) is 32.0 Å². The lowest BCUT2D eigenvalue weighted by atomic mass is 10.1. The average Bonchev–Trinajstić information content (AvgIpc) is 2.63. The van der Waals surface area contributed by atoms with E-state index < -0.39 is 40.4 Å². The Hall–Kier alpha value is -2.42. The van der Waals surface area contributed by atoms with Crippen molar-refractivity contribution in [2.45, 2.75) is 24.8 Å². The van der Waals surface area contributed by atoms with Crippen molar-refractivity contribution < 1.29 is 27.9 Å². The highest BCUT2D eigenvalue weighted by Gasteiger charge is 2.43. The van der Waals surface area contributed by atoms with Crippen LogP contribution in [0.2, 0.25) is 0 Å². The normalized spacial score (nSPS) is 15.7. The molecule has 23 heavy (non-hydrogen) atoms. The van der Waals surface area contributed by atoms with Gasteiger partial charge in [-0.25, -0.2) is 12.7 Å². The van der Waals surface area contributed by atoms with Crippen molar-refractivity contribution in [3.8, 4) is 0 Å². The summed E-state index contributed by atoms with van der Waals surface area (Å²) in [7, 11) is -2.71. The minimum absolute atomic E-state index is 0.00878. The molecule has 8 nitrogen and oxygen atoms in total. The van der Waals surface area contributed by atoms with Crippen molar-refractivity contribution in [1.82, 2.24) is 9.21 Å². The first-order valence-electron chi connectivity index (χ1n) is 6.77. The number of fused-ring (bicyclic) bond motifs is 1. The van der Waals surface area contributed by atoms with Crippen LogP contribution in [0.4, 0.5) is 0 Å². The molecule has 2 amide bonds. The van der Waals surface area contributed by atoms with Gasteiger partial charge in [-0.2, -0.15) is 0 Å². The van der Waals surface area contributed by atoms with Gasteiger partial charge in [0.1, 0.15) is 11.4 Å². The van der Waals surface area contributed by atoms with Crippen LogP contribution in [0.3, 0.4) is 0 Å². The number of carboxylic acid groups (broad SMARTS) is 1. The van der Waals surface area contributed by atoms with Crippen LogP contribution in [-0.4, -0.2) is 60.1 Å². The molecule has 0 fully saturated rings. The van der Waals surface area contributed by atoms with Gasteiger partial charge in [0.05, 0.1) is 5.56 Å². The molecule has 2 rings (SSSR count). The molecule has 1 aliphatic rings. The number of carbonyl (C=O) groups excluding carboxylic acids is 2. The highest BCUT2D eigenvalue weighted by atomic mass is 32.2. The number of benzene rings is 1. The predicted molar refractivity (Wildman–Crippen MR) is 79.5 cm³/mol. The molecular formula is C14H16N2O6S. The zero-order chi connectivity index (χ0) is 17.5. The van der Waals surface area contributed by atoms with E-state index in [1.54, 1.807) is 13.8 Å². The quantitative estimate of drug-likeness (QED) is 0.849. The summed E-state index contributed by atoms with van der Waals surface area (Å²) in [5.41, 5.74) is 0.0191. The van der Waals surface area contributed by atoms with E-state index in [4.69, 9.17) is 5.11 Å². The highest BCUT2D eigenvalue weighted by molar-refractivity contribution is 7.90. The van der Waals surface area contributed by atoms with Crippen LogP contribution in [0.1, 0.15) is 34.6 Å². The van der Waals surface area contributed by atoms with Crippen LogP contribution in [0.5, 0.6) is 0 Å². The lowest BCUT2D eigenvalue weighted by Crippen LogP contribution is -2.36. The highest BCUT2D eigenvalue weighted by Crippen LogP contribution is 2.32. The van der Waals surface area contributed by atoms with E-state index in [0.717, 1.165) is 15.3 Å². The number of amides is 2. The topological polar surface area (TPSA) is 112 Å². The summed E-state index contributed by atoms with van der Waals surface area (Å²) in [5, 5.41) is 8.71. The third-order valence-electron chi connectivity index (χ3n) is 3.38. The van der Waals surface area contributed by atoms with Gasteiger partial charge in [-0.15, -0.1) is 0 Å². The zero-order valence-corrected chi connectivity index (χ0v) is 13.6. The molecule has 0 spiro atoms. The van der Waals surface area contributed by atoms with Crippen LogP contribution in [0, 0.1) is 0 Å². The molecular weight excluding hydrogens is 324 g/mol. The molecule has 1 N–H and O–H groups in total. The van der Waals surface area contributed by atoms with Crippen molar-refractivity contribution in [3.63, 3.8) is 0 Å². The second-order valence-electron chi connectivity index (χ2n) is 5.47. The minimum atomic E-state index is -4.00. The van der Waals surface area contributed by atoms with Crippen LogP contribution >= 0.6 is 0 Å². The Morgan fingerprint density at radius 1 is 1.30 bits per heavy atom. The maximum absolute atomic E-state index is 12.4. The van der Waals surface area contributed by atoms with Crippen LogP contribution in [0.25, 0.3) is 0 Å². The number of nitrogens with zero attached hydrogens (tertiary/aromatic N) is 2. The second-order valence-corrected chi connectivity index (χ2v) is 7.25. The summed E-state index contributed by atoms with van der Waals surface area (Å²) in [6, 6.07) is 3.16. The van der Waals surface area contributed by atoms with Crippen molar-refractivity contribution in [2.75, 3.05) is 13.6 Å². The van der Waals surface area contributed by atoms with Crippen molar-refractivity contribution in [1.29, 1.82) is 0 Å². The number of hydrogen-bond donors (Lipinski definition) is 1. The number of carbonyl (C=O) groups is 3. The van der Waals surface area contributed by atoms with Gasteiger partial charge < -0.3 is 10.0 Å². The Kier molecular flexibility index (Phi) is 4.16. The first-order chi connectivity index (χ1) is 10.6. The van der Waals surface area contributed by atoms with Crippen LogP contribution in [0.15, 0.2) is 23.1 Å². The lowest BCUT2D eigenvalue weighted by Gasteiger charge is -2.19. The summed E-state index contributed by atoms with van der Waals surface area (Å²) >= 11 is 0. The third kappa shape index (κ3) is 2.79. The number of likely N-dealkylation sites (N-methyl/N-ethyl adjacent to an activating group) is 1. The van der Waals surface area contributed by atoms with E-state index in [1.165, 1.54) is 19.2 Å². The summed E-state index contributed by atoms with van der Waals surface area (Å²) in [4.78, 5) is 35.7. The Morgan fingerprint density at radius 3 is 2.43 bits per heavy atom. The van der Waals surface area contributed by atoms with E-state index >= 15 is 0 Å². The monoisotopic (exact) mass is 340 g/mol. The summed E-state index contributed by atoms with van der Waals surface area (Å²) in [5.74, 6) is -2.45. The largest absolute Gasteiger partial charge is 0.480 e. The molecule has 1 heterocycles. The molecule has 0 bridgehead atoms. The van der Waals surface area contributed by atoms with Gasteiger partial charge in [0.25, 0.3) is 21.8 Å². The Labute approximate surface area is 133 Å². The summed E-state index contributed by atoms with van der Waals surface area (Å²) in [6.07, 6.45) is 0. The number of aliphatic carboxylic acids is 1. The molecule has 0 radical (unpaired) electrons. The van der Waals surface area contributed by atoms with Crippen molar-refractivity contribution >= 4 is 27.8 Å². The van der Waals surface area contributed by atoms with E-state index in [2.05, 4.69) is 0 Å². The fourth-order valence-corrected chi connectivity index (χ4v) is 4.18. The lowest BCUT2D eigenvalue weighted by molar-refractivity contribution is -0.137. The van der Waals surface area contributed by atoms with E-state index in [-0.39, 0.29) is 16.0 Å². The van der Waals surface area contributed by atoms with Gasteiger partial charge in [0.15, 0.2) is 0 Å². The average molecular weight is 340 g/mol. The standard InChI is InChI=1S/C14H16N2O6S/c1-8(2)16-14(20)10-5-4-9(6-11(10)23(16,21)22)13(19)15(3)7-12(17)18/h4-6,8H,7H2,1-3H3,(H,17,18). The zero-order valence-electron chi connectivity index (χ0n) is 12.8. The summed E-state index contributed by atoms with van der Waals surface area (Å²) in [6.45, 7) is 2.64. The number of rotatable bonds is 4. The van der Waals surface area contributed by atoms with Gasteiger partial charge in [0.2, 0.25) is 0 Å². The number of sulfonamides is 1. The van der Waals surface area contributed by atoms with Gasteiger partial charge in [0, 0.05) is 18.7 Å². The Morgan fingerprint density at radius 2 is 1.91 bits per heavy atom. The minimum Gasteiger partial charge on any atom is -0.480 e. The van der Waals surface area contributed by atoms with Gasteiger partial charge >= 0.3 is 5.97 Å². The van der Waals surface area contributed by atoms with Crippen LogP contribution < -0.4 is 0 Å². The Balaban J connectivity index is 2.47. The second kappa shape index (κ2) is 5.65. The predicted octanol–water partition coefficient (Wildman–Crippen LogP) is 0.396. The molecule has 0 atom stereocenters. The molecule has 1 aromatic rings. The molecule has 1 aliphatic heterocycles. The first kappa shape index (κ1) is 16.9. The summed E-state index contributed by atoms with van der Waals surface area (Å²) < 4.78 is 25.7. The molecule has 124 valence electrons. The molecule has 9 heteroatoms. The van der Waals surface area contributed by atoms with Crippen molar-refractivity contribution in [3.05, 3.63) is 29.3 Å². The third-order valence-corrected chi connectivity index (χ3v) is 5.38. The van der Waals surface area contributed by atoms with Crippen molar-refractivity contribution in [2.24, 2.45) is 0 Å². The van der Waals surface area contributed by atoms with E-state index in [1.807, 2.05) is 0 Å². The molecule has 0 unspecified atom stereocenters. The van der Waals surface area contributed by atoms with Gasteiger partial charge in [-0.1, -0.05) is 0 Å². The van der Waals surface area contributed by atoms with Gasteiger partial charge in [-0.3, -0.25) is 14.4 Å². The number of hydrogen-bond acceptors (Lipinski definition) is 5. The molecule has 0 saturated heterocycles. The SMILES string of the molecule is CC(C)N1C(=O)c2ccc(C(=O)N(C)CC(=O)O)cc2S1(=O)=O. The fraction of sp³-hybridized carbons (Fsp3) is 0.357. The first-order valence-corrected chi connectivity index (χ1v) is 8.21. The Bertz CT molecular complexity index is 799. The smallest absolute Gasteiger partial charge is 0.323 e. The number of carboxylic acids is 1. The molecule has 0 aromatic heterocycles. The molecule has 0 saturated carbocycles. The molecule has 0 aliphatic carbocycles. The molecule has 1 aromatic carbocycles. The fourth-order valence-electron chi connectivity index (χ4n) is 2.39. The maximum Gasteiger partial charge on any atom is 0.323 e. The van der Waals surface area contributed by atoms with Crippen LogP contribution in [-0.2, 0) is 14.8 Å². The van der Waals surface area contributed by atoms with E-state index in [9.17, 15) is 22.8 Å². The van der Waals surface area contributed by atoms with E-state index in [0.29, 0.717) is 0 Å².